The van der Waals surface area contributed by atoms with E-state index in [-0.39, 0.29) is 23.5 Å². The predicted molar refractivity (Wildman–Crippen MR) is 110 cm³/mol. The third-order valence-corrected chi connectivity index (χ3v) is 5.04. The molecule has 1 saturated heterocycles. The molecule has 2 rings (SSSR count). The Morgan fingerprint density at radius 3 is 2.79 bits per heavy atom. The monoisotopic (exact) mass is 418 g/mol. The van der Waals surface area contributed by atoms with E-state index in [1.165, 1.54) is 24.0 Å². The van der Waals surface area contributed by atoms with E-state index in [0.29, 0.717) is 17.7 Å². The van der Waals surface area contributed by atoms with Crippen molar-refractivity contribution in [2.75, 3.05) is 18.5 Å². The fraction of sp³-hybridized carbons (Fsp3) is 0.300. The van der Waals surface area contributed by atoms with Gasteiger partial charge in [0.2, 0.25) is 5.91 Å². The van der Waals surface area contributed by atoms with Gasteiger partial charge in [-0.2, -0.15) is 0 Å². The number of rotatable bonds is 7. The van der Waals surface area contributed by atoms with E-state index in [0.717, 1.165) is 17.8 Å². The number of ether oxygens (including phenoxy) is 1. The zero-order valence-corrected chi connectivity index (χ0v) is 16.7. The van der Waals surface area contributed by atoms with E-state index in [4.69, 9.17) is 9.84 Å². The molecule has 1 fully saturated rings. The number of carboxylic acids is 1. The lowest BCUT2D eigenvalue weighted by molar-refractivity contribution is -0.131. The maximum Gasteiger partial charge on any atom is 0.410 e. The molecule has 0 saturated carbocycles. The lowest BCUT2D eigenvalue weighted by Gasteiger charge is -2.23. The minimum absolute atomic E-state index is 0.0200. The summed E-state index contributed by atoms with van der Waals surface area (Å²) in [5, 5.41) is 11.2. The van der Waals surface area contributed by atoms with Gasteiger partial charge in [-0.3, -0.25) is 14.5 Å². The fourth-order valence-electron chi connectivity index (χ4n) is 2.89. The second kappa shape index (κ2) is 10.5. The third-order valence-electron chi connectivity index (χ3n) is 4.03. The van der Waals surface area contributed by atoms with Crippen LogP contribution in [-0.2, 0) is 19.1 Å². The molecular formula is C20H22N2O6S. The number of amides is 2. The summed E-state index contributed by atoms with van der Waals surface area (Å²) in [6, 6.07) is 5.86. The number of carbonyl (C=O) groups is 4. The van der Waals surface area contributed by atoms with Crippen molar-refractivity contribution in [2.24, 2.45) is 0 Å². The van der Waals surface area contributed by atoms with Crippen LogP contribution in [0.4, 0.5) is 10.5 Å². The Hall–Kier alpha value is -3.07. The van der Waals surface area contributed by atoms with E-state index in [1.54, 1.807) is 24.3 Å². The van der Waals surface area contributed by atoms with E-state index in [2.05, 4.69) is 11.9 Å². The van der Waals surface area contributed by atoms with Crippen LogP contribution in [0.1, 0.15) is 18.9 Å². The molecule has 1 aromatic carbocycles. The highest BCUT2D eigenvalue weighted by atomic mass is 32.2. The Bertz CT molecular complexity index is 838. The number of likely N-dealkylation sites (tertiary alicyclic amines) is 1. The Balaban J connectivity index is 2.13. The molecule has 1 heterocycles. The molecule has 0 spiro atoms. The number of hydrogen-bond acceptors (Lipinski definition) is 6. The number of benzene rings is 1. The Morgan fingerprint density at radius 1 is 1.38 bits per heavy atom. The molecular weight excluding hydrogens is 396 g/mol. The van der Waals surface area contributed by atoms with E-state index in [1.807, 2.05) is 0 Å². The first-order valence-electron chi connectivity index (χ1n) is 8.83. The zero-order chi connectivity index (χ0) is 21.4. The van der Waals surface area contributed by atoms with Crippen molar-refractivity contribution in [3.05, 3.63) is 48.6 Å². The Kier molecular flexibility index (Phi) is 8.02. The van der Waals surface area contributed by atoms with Crippen LogP contribution in [0.3, 0.4) is 0 Å². The summed E-state index contributed by atoms with van der Waals surface area (Å²) >= 11 is 1.09. The molecule has 0 aromatic heterocycles. The summed E-state index contributed by atoms with van der Waals surface area (Å²) in [6.07, 6.45) is 3.51. The molecule has 154 valence electrons. The quantitative estimate of drug-likeness (QED) is 0.517. The van der Waals surface area contributed by atoms with E-state index >= 15 is 0 Å². The number of carbonyl (C=O) groups excluding carboxylic acids is 3. The summed E-state index contributed by atoms with van der Waals surface area (Å²) in [4.78, 5) is 48.5. The summed E-state index contributed by atoms with van der Waals surface area (Å²) in [5.41, 5.74) is 1.06. The highest BCUT2D eigenvalue weighted by molar-refractivity contribution is 8.14. The van der Waals surface area contributed by atoms with Crippen LogP contribution in [0.2, 0.25) is 0 Å². The number of nitrogens with zero attached hydrogens (tertiary/aromatic N) is 1. The molecule has 8 nitrogen and oxygen atoms in total. The Morgan fingerprint density at radius 2 is 2.14 bits per heavy atom. The first-order chi connectivity index (χ1) is 13.8. The van der Waals surface area contributed by atoms with Crippen molar-refractivity contribution in [3.8, 4) is 0 Å². The minimum Gasteiger partial charge on any atom is -0.478 e. The van der Waals surface area contributed by atoms with E-state index < -0.39 is 24.0 Å². The molecule has 0 aliphatic carbocycles. The molecule has 9 heteroatoms. The van der Waals surface area contributed by atoms with Crippen molar-refractivity contribution in [2.45, 2.75) is 24.6 Å². The minimum atomic E-state index is -1.08. The van der Waals surface area contributed by atoms with Crippen LogP contribution in [0, 0.1) is 0 Å². The van der Waals surface area contributed by atoms with Crippen molar-refractivity contribution in [1.82, 2.24) is 4.90 Å². The lowest BCUT2D eigenvalue weighted by atomic mass is 10.1. The number of carboxylic acid groups (broad SMARTS) is 1. The molecule has 0 unspecified atom stereocenters. The smallest absolute Gasteiger partial charge is 0.410 e. The standard InChI is InChI=1S/C20H22N2O6S/c1-3-9-28-20(27)22-12-16(29-13(2)23)11-17(22)19(26)21-15-6-4-5-14(10-15)7-8-18(24)25/h3-8,10,16-17H,1,9,11-12H2,2H3,(H,21,26)(H,24,25)/t16-,17+/m1/s1. The molecule has 1 aliphatic rings. The normalized spacial score (nSPS) is 18.4. The highest BCUT2D eigenvalue weighted by Crippen LogP contribution is 2.29. The second-order valence-electron chi connectivity index (χ2n) is 6.29. The number of hydrogen-bond donors (Lipinski definition) is 2. The van der Waals surface area contributed by atoms with Crippen molar-refractivity contribution in [1.29, 1.82) is 0 Å². The van der Waals surface area contributed by atoms with Gasteiger partial charge in [0.1, 0.15) is 12.6 Å². The third kappa shape index (κ3) is 6.79. The van der Waals surface area contributed by atoms with Crippen LogP contribution >= 0.6 is 11.8 Å². The molecule has 2 amide bonds. The van der Waals surface area contributed by atoms with Gasteiger partial charge >= 0.3 is 12.1 Å². The number of anilines is 1. The van der Waals surface area contributed by atoms with Gasteiger partial charge in [-0.1, -0.05) is 36.5 Å². The SMILES string of the molecule is C=CCOC(=O)N1C[C@H](SC(C)=O)C[C@H]1C(=O)Nc1cccc(C=CC(=O)O)c1. The average molecular weight is 418 g/mol. The first-order valence-corrected chi connectivity index (χ1v) is 9.71. The maximum atomic E-state index is 12.8. The fourth-order valence-corrected chi connectivity index (χ4v) is 3.88. The van der Waals surface area contributed by atoms with Gasteiger partial charge in [-0.05, 0) is 30.2 Å². The average Bonchev–Trinajstić information content (AvgIpc) is 3.08. The zero-order valence-electron chi connectivity index (χ0n) is 15.9. The van der Waals surface area contributed by atoms with Crippen LogP contribution in [0.5, 0.6) is 0 Å². The van der Waals surface area contributed by atoms with Crippen LogP contribution in [0.15, 0.2) is 43.0 Å². The number of thioether (sulfide) groups is 1. The van der Waals surface area contributed by atoms with Crippen molar-refractivity contribution in [3.63, 3.8) is 0 Å². The summed E-state index contributed by atoms with van der Waals surface area (Å²) in [5.74, 6) is -1.49. The van der Waals surface area contributed by atoms with Crippen molar-refractivity contribution >= 4 is 46.6 Å². The number of nitrogens with one attached hydrogen (secondary N) is 1. The molecule has 1 aromatic rings. The van der Waals surface area contributed by atoms with Gasteiger partial charge in [0, 0.05) is 30.5 Å². The second-order valence-corrected chi connectivity index (χ2v) is 7.76. The van der Waals surface area contributed by atoms with Crippen molar-refractivity contribution < 1.29 is 29.0 Å². The molecule has 29 heavy (non-hydrogen) atoms. The number of aliphatic carboxylic acids is 1. The maximum absolute atomic E-state index is 12.8. The van der Waals surface area contributed by atoms with Gasteiger partial charge in [-0.15, -0.1) is 0 Å². The Labute approximate surface area is 172 Å². The van der Waals surface area contributed by atoms with Gasteiger partial charge in [0.25, 0.3) is 0 Å². The lowest BCUT2D eigenvalue weighted by Crippen LogP contribution is -2.43. The first kappa shape index (κ1) is 22.2. The van der Waals surface area contributed by atoms with Crippen LogP contribution in [-0.4, -0.2) is 57.5 Å². The van der Waals surface area contributed by atoms with Gasteiger partial charge < -0.3 is 15.2 Å². The topological polar surface area (TPSA) is 113 Å². The largest absolute Gasteiger partial charge is 0.478 e. The molecule has 0 radical (unpaired) electrons. The summed E-state index contributed by atoms with van der Waals surface area (Å²) in [6.45, 7) is 5.17. The molecule has 1 aliphatic heterocycles. The summed E-state index contributed by atoms with van der Waals surface area (Å²) < 4.78 is 5.06. The van der Waals surface area contributed by atoms with E-state index in [9.17, 15) is 19.2 Å². The van der Waals surface area contributed by atoms with Crippen LogP contribution in [0.25, 0.3) is 6.08 Å². The van der Waals surface area contributed by atoms with Crippen LogP contribution < -0.4 is 5.32 Å². The molecule has 2 atom stereocenters. The van der Waals surface area contributed by atoms with Gasteiger partial charge in [-0.25, -0.2) is 9.59 Å². The predicted octanol–water partition coefficient (Wildman–Crippen LogP) is 2.77. The highest BCUT2D eigenvalue weighted by Gasteiger charge is 2.41. The molecule has 2 N–H and O–H groups in total. The van der Waals surface area contributed by atoms with Gasteiger partial charge in [0.05, 0.1) is 0 Å². The molecule has 0 bridgehead atoms. The van der Waals surface area contributed by atoms with Gasteiger partial charge in [0.15, 0.2) is 5.12 Å². The summed E-state index contributed by atoms with van der Waals surface area (Å²) in [7, 11) is 0.